The van der Waals surface area contributed by atoms with Crippen LogP contribution in [0.4, 0.5) is 13.2 Å². The highest BCUT2D eigenvalue weighted by Crippen LogP contribution is 2.11. The van der Waals surface area contributed by atoms with E-state index in [2.05, 4.69) is 4.74 Å². The summed E-state index contributed by atoms with van der Waals surface area (Å²) in [6.07, 6.45) is -2.41. The Kier molecular flexibility index (Phi) is 4.84. The Balaban J connectivity index is 3.60. The molecule has 5 heteroatoms. The van der Waals surface area contributed by atoms with Crippen molar-refractivity contribution in [1.82, 2.24) is 0 Å². The van der Waals surface area contributed by atoms with Crippen molar-refractivity contribution in [3.05, 3.63) is 12.1 Å². The summed E-state index contributed by atoms with van der Waals surface area (Å²) >= 11 is 1.94. The second-order valence-corrected chi connectivity index (χ2v) is 3.75. The van der Waals surface area contributed by atoms with Gasteiger partial charge in [-0.1, -0.05) is 29.5 Å². The second kappa shape index (κ2) is 4.81. The van der Waals surface area contributed by atoms with Gasteiger partial charge in [-0.25, -0.2) is 0 Å². The first-order valence-corrected chi connectivity index (χ1v) is 3.76. The van der Waals surface area contributed by atoms with Crippen LogP contribution in [-0.4, -0.2) is 10.5 Å². The largest absolute Gasteiger partial charge is 0.466 e. The minimum absolute atomic E-state index is 0.0164. The summed E-state index contributed by atoms with van der Waals surface area (Å²) in [6, 6.07) is -1.77. The van der Waals surface area contributed by atoms with Crippen LogP contribution < -0.4 is 0 Å². The fraction of sp³-hybridized carbons (Fsp3) is 0.600. The summed E-state index contributed by atoms with van der Waals surface area (Å²) in [5.74, 6) is 0. The number of alkyl halides is 1. The van der Waals surface area contributed by atoms with Crippen LogP contribution in [0.2, 0.25) is 0 Å². The third-order valence-corrected chi connectivity index (χ3v) is 0.948. The molecule has 0 saturated carbocycles. The van der Waals surface area contributed by atoms with E-state index < -0.39 is 12.1 Å². The van der Waals surface area contributed by atoms with E-state index in [9.17, 15) is 13.2 Å². The lowest BCUT2D eigenvalue weighted by Gasteiger charge is -2.02. The van der Waals surface area contributed by atoms with Gasteiger partial charge in [0, 0.05) is 3.92 Å². The lowest BCUT2D eigenvalue weighted by atomic mass is 10.5. The minimum Gasteiger partial charge on any atom is -0.466 e. The zero-order valence-corrected chi connectivity index (χ0v) is 7.36. The van der Waals surface area contributed by atoms with Crippen molar-refractivity contribution in [2.24, 2.45) is 0 Å². The molecule has 0 aromatic heterocycles. The number of hydrogen-bond donors (Lipinski definition) is 0. The predicted octanol–water partition coefficient (Wildman–Crippen LogP) is 2.86. The van der Waals surface area contributed by atoms with Crippen molar-refractivity contribution < 1.29 is 17.9 Å². The second-order valence-electron chi connectivity index (χ2n) is 1.63. The molecule has 10 heavy (non-hydrogen) atoms. The molecular weight excluding hydrogens is 260 g/mol. The van der Waals surface area contributed by atoms with E-state index in [4.69, 9.17) is 0 Å². The third-order valence-electron chi connectivity index (χ3n) is 0.588. The van der Waals surface area contributed by atoms with Crippen molar-refractivity contribution in [2.75, 3.05) is 6.61 Å². The van der Waals surface area contributed by atoms with Crippen LogP contribution in [0.25, 0.3) is 0 Å². The average Bonchev–Trinajstić information content (AvgIpc) is 1.82. The van der Waals surface area contributed by atoms with Gasteiger partial charge in [0.2, 0.25) is 0 Å². The molecule has 0 aromatic carbocycles. The van der Waals surface area contributed by atoms with Gasteiger partial charge in [0.1, 0.15) is 6.61 Å². The van der Waals surface area contributed by atoms with Crippen molar-refractivity contribution >= 4 is 22.6 Å². The lowest BCUT2D eigenvalue weighted by molar-refractivity contribution is 0.124. The molecular formula is C5H6F3IO. The van der Waals surface area contributed by atoms with E-state index in [1.807, 2.05) is 22.6 Å². The maximum absolute atomic E-state index is 11.8. The average molecular weight is 266 g/mol. The van der Waals surface area contributed by atoms with Crippen LogP contribution in [0.1, 0.15) is 6.92 Å². The molecule has 0 N–H and O–H groups in total. The first-order valence-electron chi connectivity index (χ1n) is 2.51. The molecule has 0 heterocycles. The van der Waals surface area contributed by atoms with Gasteiger partial charge < -0.3 is 4.74 Å². The van der Waals surface area contributed by atoms with E-state index in [-0.39, 0.29) is 10.5 Å². The van der Waals surface area contributed by atoms with E-state index in [0.29, 0.717) is 0 Å². The highest BCUT2D eigenvalue weighted by atomic mass is 127. The Hall–Kier alpha value is 0.0600. The summed E-state index contributed by atoms with van der Waals surface area (Å²) in [7, 11) is 0. The first kappa shape index (κ1) is 10.1. The van der Waals surface area contributed by atoms with Crippen molar-refractivity contribution in [3.63, 3.8) is 0 Å². The summed E-state index contributed by atoms with van der Waals surface area (Å²) in [5.41, 5.74) is 0. The van der Waals surface area contributed by atoms with E-state index in [0.717, 1.165) is 0 Å². The molecule has 0 aliphatic carbocycles. The Morgan fingerprint density at radius 1 is 1.50 bits per heavy atom. The maximum atomic E-state index is 11.8. The lowest BCUT2D eigenvalue weighted by Crippen LogP contribution is -2.01. The normalized spacial score (nSPS) is 12.5. The van der Waals surface area contributed by atoms with Gasteiger partial charge in [0.05, 0.1) is 0 Å². The van der Waals surface area contributed by atoms with E-state index >= 15 is 0 Å². The van der Waals surface area contributed by atoms with E-state index in [1.54, 1.807) is 6.92 Å². The highest BCUT2D eigenvalue weighted by Gasteiger charge is 2.06. The fourth-order valence-corrected chi connectivity index (χ4v) is 0.422. The molecule has 0 aliphatic rings. The molecule has 1 atom stereocenters. The number of hydrogen-bond acceptors (Lipinski definition) is 1. The van der Waals surface area contributed by atoms with Gasteiger partial charge in [0.25, 0.3) is 0 Å². The van der Waals surface area contributed by atoms with Gasteiger partial charge in [-0.15, -0.1) is 0 Å². The Morgan fingerprint density at radius 3 is 2.30 bits per heavy atom. The summed E-state index contributed by atoms with van der Waals surface area (Å²) in [6.45, 7) is 1.69. The fourth-order valence-electron chi connectivity index (χ4n) is 0.243. The minimum atomic E-state index is -2.41. The molecule has 0 amide bonds. The van der Waals surface area contributed by atoms with Crippen LogP contribution in [-0.2, 0) is 4.74 Å². The van der Waals surface area contributed by atoms with Crippen LogP contribution in [0.3, 0.4) is 0 Å². The van der Waals surface area contributed by atoms with Crippen LogP contribution in [0.15, 0.2) is 12.1 Å². The quantitative estimate of drug-likeness (QED) is 0.433. The predicted molar refractivity (Wildman–Crippen MR) is 39.8 cm³/mol. The molecule has 0 spiro atoms. The first-order chi connectivity index (χ1) is 4.54. The molecule has 0 saturated heterocycles. The Bertz CT molecular complexity index is 131. The zero-order chi connectivity index (χ0) is 8.15. The molecule has 0 bridgehead atoms. The number of halogens is 4. The SMILES string of the molecule is CC(I)COC(F)=C(F)F. The standard InChI is InChI=1S/C5H6F3IO/c1-3(9)2-10-5(8)4(6)7/h3H,2H2,1H3. The topological polar surface area (TPSA) is 9.23 Å². The molecule has 0 radical (unpaired) electrons. The van der Waals surface area contributed by atoms with Crippen molar-refractivity contribution in [1.29, 1.82) is 0 Å². The monoisotopic (exact) mass is 266 g/mol. The highest BCUT2D eigenvalue weighted by molar-refractivity contribution is 14.1. The van der Waals surface area contributed by atoms with Crippen LogP contribution >= 0.6 is 22.6 Å². The van der Waals surface area contributed by atoms with E-state index in [1.165, 1.54) is 0 Å². The third kappa shape index (κ3) is 4.89. The van der Waals surface area contributed by atoms with Crippen molar-refractivity contribution in [3.8, 4) is 0 Å². The smallest absolute Gasteiger partial charge is 0.342 e. The number of ether oxygens (including phenoxy) is 1. The molecule has 0 aliphatic heterocycles. The molecule has 1 unspecified atom stereocenters. The molecule has 0 rings (SSSR count). The Morgan fingerprint density at radius 2 is 2.00 bits per heavy atom. The summed E-state index contributed by atoms with van der Waals surface area (Å²) in [4.78, 5) is 0. The molecule has 0 aromatic rings. The summed E-state index contributed by atoms with van der Waals surface area (Å²) in [5, 5.41) is 0. The molecule has 0 fully saturated rings. The van der Waals surface area contributed by atoms with Gasteiger partial charge >= 0.3 is 12.1 Å². The zero-order valence-electron chi connectivity index (χ0n) is 5.20. The van der Waals surface area contributed by atoms with Crippen LogP contribution in [0, 0.1) is 0 Å². The Labute approximate surface area is 70.4 Å². The van der Waals surface area contributed by atoms with Gasteiger partial charge in [0.15, 0.2) is 0 Å². The molecule has 60 valence electrons. The van der Waals surface area contributed by atoms with Gasteiger partial charge in [-0.2, -0.15) is 13.2 Å². The number of rotatable bonds is 3. The van der Waals surface area contributed by atoms with Crippen molar-refractivity contribution in [2.45, 2.75) is 10.8 Å². The molecule has 1 nitrogen and oxygen atoms in total. The van der Waals surface area contributed by atoms with Crippen LogP contribution in [0.5, 0.6) is 0 Å². The maximum Gasteiger partial charge on any atom is 0.342 e. The van der Waals surface area contributed by atoms with Gasteiger partial charge in [-0.05, 0) is 0 Å². The van der Waals surface area contributed by atoms with Gasteiger partial charge in [-0.3, -0.25) is 0 Å². The summed E-state index contributed by atoms with van der Waals surface area (Å²) < 4.78 is 38.3.